The van der Waals surface area contributed by atoms with Crippen LogP contribution in [0.3, 0.4) is 0 Å². The molecule has 2 rings (SSSR count). The van der Waals surface area contributed by atoms with E-state index in [1.807, 2.05) is 12.1 Å². The van der Waals surface area contributed by atoms with Gasteiger partial charge >= 0.3 is 0 Å². The lowest BCUT2D eigenvalue weighted by Crippen LogP contribution is -2.24. The zero-order valence-electron chi connectivity index (χ0n) is 9.48. The highest BCUT2D eigenvalue weighted by Gasteiger charge is 2.13. The van der Waals surface area contributed by atoms with Crippen molar-refractivity contribution in [2.75, 3.05) is 13.2 Å². The van der Waals surface area contributed by atoms with Crippen LogP contribution in [0.25, 0.3) is 0 Å². The van der Waals surface area contributed by atoms with E-state index >= 15 is 0 Å². The average Bonchev–Trinajstić information content (AvgIpc) is 2.78. The Morgan fingerprint density at radius 1 is 1.31 bits per heavy atom. The first-order valence-electron chi connectivity index (χ1n) is 5.85. The summed E-state index contributed by atoms with van der Waals surface area (Å²) >= 11 is 0. The standard InChI is InChI=1S/C12H19NO3/c13-7-10-4-5-12(16-10)9-14-8-11-3-1-2-6-15-11/h4-5,11H,1-3,6-9,13H2. The molecule has 1 aliphatic heterocycles. The molecule has 2 heterocycles. The van der Waals surface area contributed by atoms with Crippen LogP contribution in [-0.2, 0) is 22.6 Å². The minimum atomic E-state index is 0.262. The topological polar surface area (TPSA) is 57.6 Å². The van der Waals surface area contributed by atoms with Crippen LogP contribution in [0.4, 0.5) is 0 Å². The Labute approximate surface area is 95.7 Å². The SMILES string of the molecule is NCc1ccc(COCC2CCCCO2)o1. The Bertz CT molecular complexity index is 305. The van der Waals surface area contributed by atoms with E-state index in [0.29, 0.717) is 19.8 Å². The summed E-state index contributed by atoms with van der Waals surface area (Å²) in [6.07, 6.45) is 3.78. The highest BCUT2D eigenvalue weighted by atomic mass is 16.5. The predicted octanol–water partition coefficient (Wildman–Crippen LogP) is 1.82. The minimum absolute atomic E-state index is 0.262. The molecule has 90 valence electrons. The molecule has 1 aromatic heterocycles. The molecule has 1 saturated heterocycles. The summed E-state index contributed by atoms with van der Waals surface area (Å²) in [4.78, 5) is 0. The second kappa shape index (κ2) is 6.03. The van der Waals surface area contributed by atoms with Crippen molar-refractivity contribution in [2.24, 2.45) is 5.73 Å². The second-order valence-corrected chi connectivity index (χ2v) is 4.08. The van der Waals surface area contributed by atoms with Gasteiger partial charge in [-0.1, -0.05) is 0 Å². The lowest BCUT2D eigenvalue weighted by molar-refractivity contribution is -0.0473. The van der Waals surface area contributed by atoms with Crippen LogP contribution in [0.1, 0.15) is 30.8 Å². The maximum atomic E-state index is 5.57. The fourth-order valence-corrected chi connectivity index (χ4v) is 1.84. The van der Waals surface area contributed by atoms with Gasteiger partial charge in [0.15, 0.2) is 0 Å². The molecule has 1 fully saturated rings. The fraction of sp³-hybridized carbons (Fsp3) is 0.667. The molecular weight excluding hydrogens is 206 g/mol. The van der Waals surface area contributed by atoms with E-state index in [1.54, 1.807) is 0 Å². The van der Waals surface area contributed by atoms with Crippen molar-refractivity contribution < 1.29 is 13.9 Å². The third kappa shape index (κ3) is 3.33. The van der Waals surface area contributed by atoms with Crippen molar-refractivity contribution in [1.82, 2.24) is 0 Å². The quantitative estimate of drug-likeness (QED) is 0.830. The zero-order chi connectivity index (χ0) is 11.2. The molecule has 1 atom stereocenters. The first-order valence-corrected chi connectivity index (χ1v) is 5.85. The van der Waals surface area contributed by atoms with Gasteiger partial charge in [-0.05, 0) is 31.4 Å². The number of furan rings is 1. The predicted molar refractivity (Wildman–Crippen MR) is 59.8 cm³/mol. The summed E-state index contributed by atoms with van der Waals surface area (Å²) in [6.45, 7) is 2.45. The van der Waals surface area contributed by atoms with E-state index in [-0.39, 0.29) is 6.10 Å². The van der Waals surface area contributed by atoms with Crippen molar-refractivity contribution in [1.29, 1.82) is 0 Å². The highest BCUT2D eigenvalue weighted by molar-refractivity contribution is 5.05. The Morgan fingerprint density at radius 2 is 2.19 bits per heavy atom. The van der Waals surface area contributed by atoms with Crippen molar-refractivity contribution in [2.45, 2.75) is 38.5 Å². The Kier molecular flexibility index (Phi) is 4.39. The number of nitrogens with two attached hydrogens (primary N) is 1. The van der Waals surface area contributed by atoms with Gasteiger partial charge in [-0.3, -0.25) is 0 Å². The smallest absolute Gasteiger partial charge is 0.129 e. The summed E-state index contributed by atoms with van der Waals surface area (Å²) in [5, 5.41) is 0. The molecule has 0 bridgehead atoms. The largest absolute Gasteiger partial charge is 0.462 e. The molecule has 4 heteroatoms. The highest BCUT2D eigenvalue weighted by Crippen LogP contribution is 2.14. The Hall–Kier alpha value is -0.840. The third-order valence-electron chi connectivity index (χ3n) is 2.74. The van der Waals surface area contributed by atoms with E-state index in [9.17, 15) is 0 Å². The van der Waals surface area contributed by atoms with E-state index in [2.05, 4.69) is 0 Å². The summed E-state index contributed by atoms with van der Waals surface area (Å²) in [5.41, 5.74) is 5.45. The van der Waals surface area contributed by atoms with Gasteiger partial charge in [0.25, 0.3) is 0 Å². The van der Waals surface area contributed by atoms with E-state index < -0.39 is 0 Å². The summed E-state index contributed by atoms with van der Waals surface area (Å²) in [7, 11) is 0. The van der Waals surface area contributed by atoms with Crippen LogP contribution >= 0.6 is 0 Å². The monoisotopic (exact) mass is 225 g/mol. The van der Waals surface area contributed by atoms with E-state index in [1.165, 1.54) is 12.8 Å². The number of rotatable bonds is 5. The molecule has 0 amide bonds. The van der Waals surface area contributed by atoms with Crippen LogP contribution in [0.5, 0.6) is 0 Å². The van der Waals surface area contributed by atoms with Gasteiger partial charge in [0.05, 0.1) is 19.3 Å². The minimum Gasteiger partial charge on any atom is -0.462 e. The van der Waals surface area contributed by atoms with Crippen molar-refractivity contribution in [3.63, 3.8) is 0 Å². The molecule has 0 radical (unpaired) electrons. The Balaban J connectivity index is 1.66. The molecule has 0 aliphatic carbocycles. The van der Waals surface area contributed by atoms with Crippen molar-refractivity contribution in [3.8, 4) is 0 Å². The van der Waals surface area contributed by atoms with Crippen molar-refractivity contribution in [3.05, 3.63) is 23.7 Å². The number of hydrogen-bond donors (Lipinski definition) is 1. The van der Waals surface area contributed by atoms with Gasteiger partial charge in [-0.25, -0.2) is 0 Å². The van der Waals surface area contributed by atoms with Gasteiger partial charge in [0, 0.05) is 6.61 Å². The molecule has 1 unspecified atom stereocenters. The van der Waals surface area contributed by atoms with Crippen LogP contribution in [0.2, 0.25) is 0 Å². The number of hydrogen-bond acceptors (Lipinski definition) is 4. The second-order valence-electron chi connectivity index (χ2n) is 4.08. The van der Waals surface area contributed by atoms with Crippen LogP contribution in [-0.4, -0.2) is 19.3 Å². The third-order valence-corrected chi connectivity index (χ3v) is 2.74. The van der Waals surface area contributed by atoms with E-state index in [4.69, 9.17) is 19.6 Å². The van der Waals surface area contributed by atoms with E-state index in [0.717, 1.165) is 24.5 Å². The Morgan fingerprint density at radius 3 is 2.88 bits per heavy atom. The van der Waals surface area contributed by atoms with Crippen LogP contribution in [0.15, 0.2) is 16.5 Å². The first kappa shape index (κ1) is 11.6. The molecule has 1 aromatic rings. The van der Waals surface area contributed by atoms with Crippen LogP contribution < -0.4 is 5.73 Å². The van der Waals surface area contributed by atoms with Crippen molar-refractivity contribution >= 4 is 0 Å². The van der Waals surface area contributed by atoms with Gasteiger partial charge < -0.3 is 19.6 Å². The molecule has 1 aliphatic rings. The molecule has 0 spiro atoms. The summed E-state index contributed by atoms with van der Waals surface area (Å²) in [5.74, 6) is 1.63. The van der Waals surface area contributed by atoms with Gasteiger partial charge in [0.2, 0.25) is 0 Å². The zero-order valence-corrected chi connectivity index (χ0v) is 9.48. The molecule has 4 nitrogen and oxygen atoms in total. The lowest BCUT2D eigenvalue weighted by Gasteiger charge is -2.21. The lowest BCUT2D eigenvalue weighted by atomic mass is 10.1. The molecule has 2 N–H and O–H groups in total. The van der Waals surface area contributed by atoms with Gasteiger partial charge in [-0.15, -0.1) is 0 Å². The molecule has 16 heavy (non-hydrogen) atoms. The summed E-state index contributed by atoms with van der Waals surface area (Å²) in [6, 6.07) is 3.79. The van der Waals surface area contributed by atoms with Gasteiger partial charge in [0.1, 0.15) is 18.1 Å². The fourth-order valence-electron chi connectivity index (χ4n) is 1.84. The molecule has 0 aromatic carbocycles. The summed E-state index contributed by atoms with van der Waals surface area (Å²) < 4.78 is 16.6. The molecular formula is C12H19NO3. The average molecular weight is 225 g/mol. The van der Waals surface area contributed by atoms with Gasteiger partial charge in [-0.2, -0.15) is 0 Å². The maximum absolute atomic E-state index is 5.57. The molecule has 0 saturated carbocycles. The van der Waals surface area contributed by atoms with Crippen LogP contribution in [0, 0.1) is 0 Å². The number of ether oxygens (including phenoxy) is 2. The maximum Gasteiger partial charge on any atom is 0.129 e. The first-order chi connectivity index (χ1) is 7.88. The normalized spacial score (nSPS) is 21.2.